The minimum absolute atomic E-state index is 0.0960. The first-order valence-electron chi connectivity index (χ1n) is 29.7. The lowest BCUT2D eigenvalue weighted by Gasteiger charge is -2.18. The zero-order chi connectivity index (χ0) is 51.4. The van der Waals surface area contributed by atoms with Gasteiger partial charge in [0.15, 0.2) is 6.10 Å². The number of hydrogen-bond donors (Lipinski definition) is 0. The Labute approximate surface area is 438 Å². The van der Waals surface area contributed by atoms with Crippen molar-refractivity contribution in [3.8, 4) is 0 Å². The van der Waals surface area contributed by atoms with Crippen LogP contribution in [0.5, 0.6) is 0 Å². The van der Waals surface area contributed by atoms with Gasteiger partial charge in [-0.1, -0.05) is 259 Å². The van der Waals surface area contributed by atoms with Crippen LogP contribution >= 0.6 is 0 Å². The first-order chi connectivity index (χ1) is 35.0. The maximum Gasteiger partial charge on any atom is 0.306 e. The van der Waals surface area contributed by atoms with E-state index in [0.717, 1.165) is 135 Å². The standard InChI is InChI=1S/C65H110O6/c1-4-7-10-13-16-19-22-25-28-30-32-34-37-40-43-46-49-52-55-58-64(67)70-61-62(60-69-63(66)57-54-51-48-45-42-39-36-27-24-21-18-15-12-9-6-3)71-65(68)59-56-53-50-47-44-41-38-35-33-31-29-26-23-20-17-14-11-8-5-2/h7,9-10,12,16,18-19,21,25,27-28,32,34,36,40,43,62H,4-6,8,11,13-15,17,20,22-24,26,29-31,33,35,37-39,41-42,44-61H2,1-3H3/b10-7-,12-9-,19-16-,21-18-,28-25-,34-32-,36-27-,43-40-/t62-/m1/s1. The molecule has 0 fully saturated rings. The van der Waals surface area contributed by atoms with Gasteiger partial charge in [0.25, 0.3) is 0 Å². The predicted octanol–water partition coefficient (Wildman–Crippen LogP) is 20.1. The average Bonchev–Trinajstić information content (AvgIpc) is 3.37. The summed E-state index contributed by atoms with van der Waals surface area (Å²) >= 11 is 0. The van der Waals surface area contributed by atoms with Crippen LogP contribution in [0.25, 0.3) is 0 Å². The Bertz CT molecular complexity index is 1410. The molecule has 0 N–H and O–H groups in total. The van der Waals surface area contributed by atoms with Crippen molar-refractivity contribution < 1.29 is 28.6 Å². The van der Waals surface area contributed by atoms with Crippen LogP contribution in [0.3, 0.4) is 0 Å². The molecular weight excluding hydrogens is 877 g/mol. The third kappa shape index (κ3) is 57.1. The lowest BCUT2D eigenvalue weighted by atomic mass is 10.0. The monoisotopic (exact) mass is 987 g/mol. The fraction of sp³-hybridized carbons (Fsp3) is 0.708. The Balaban J connectivity index is 4.44. The first-order valence-corrected chi connectivity index (χ1v) is 29.7. The van der Waals surface area contributed by atoms with E-state index in [1.807, 2.05) is 0 Å². The molecule has 0 aliphatic heterocycles. The van der Waals surface area contributed by atoms with Gasteiger partial charge < -0.3 is 14.2 Å². The zero-order valence-corrected chi connectivity index (χ0v) is 46.5. The molecule has 0 radical (unpaired) electrons. The van der Waals surface area contributed by atoms with E-state index in [0.29, 0.717) is 19.3 Å². The van der Waals surface area contributed by atoms with Crippen molar-refractivity contribution >= 4 is 17.9 Å². The second kappa shape index (κ2) is 58.9. The smallest absolute Gasteiger partial charge is 0.306 e. The van der Waals surface area contributed by atoms with E-state index in [4.69, 9.17) is 14.2 Å². The molecule has 0 amide bonds. The van der Waals surface area contributed by atoms with Crippen molar-refractivity contribution in [1.29, 1.82) is 0 Å². The fourth-order valence-electron chi connectivity index (χ4n) is 8.19. The molecule has 0 unspecified atom stereocenters. The van der Waals surface area contributed by atoms with Crippen LogP contribution in [-0.2, 0) is 28.6 Å². The highest BCUT2D eigenvalue weighted by molar-refractivity contribution is 5.71. The Kier molecular flexibility index (Phi) is 55.9. The summed E-state index contributed by atoms with van der Waals surface area (Å²) in [6.45, 7) is 6.39. The Morgan fingerprint density at radius 3 is 0.873 bits per heavy atom. The van der Waals surface area contributed by atoms with Gasteiger partial charge in [-0.2, -0.15) is 0 Å². The fourth-order valence-corrected chi connectivity index (χ4v) is 8.19. The molecule has 0 saturated heterocycles. The van der Waals surface area contributed by atoms with Crippen molar-refractivity contribution in [2.45, 2.75) is 284 Å². The maximum absolute atomic E-state index is 12.9. The molecule has 0 aromatic carbocycles. The molecule has 0 heterocycles. The van der Waals surface area contributed by atoms with Crippen LogP contribution < -0.4 is 0 Å². The van der Waals surface area contributed by atoms with E-state index in [1.54, 1.807) is 0 Å². The normalized spacial score (nSPS) is 12.8. The van der Waals surface area contributed by atoms with Crippen LogP contribution in [0.15, 0.2) is 97.2 Å². The number of carbonyl (C=O) groups is 3. The minimum Gasteiger partial charge on any atom is -0.462 e. The van der Waals surface area contributed by atoms with Gasteiger partial charge in [0.1, 0.15) is 13.2 Å². The number of hydrogen-bond acceptors (Lipinski definition) is 6. The van der Waals surface area contributed by atoms with Gasteiger partial charge in [-0.15, -0.1) is 0 Å². The highest BCUT2D eigenvalue weighted by Crippen LogP contribution is 2.16. The highest BCUT2D eigenvalue weighted by Gasteiger charge is 2.19. The molecule has 0 aliphatic carbocycles. The molecule has 0 bridgehead atoms. The number of ether oxygens (including phenoxy) is 3. The lowest BCUT2D eigenvalue weighted by molar-refractivity contribution is -0.167. The topological polar surface area (TPSA) is 78.9 Å². The van der Waals surface area contributed by atoms with Gasteiger partial charge in [0.2, 0.25) is 0 Å². The summed E-state index contributed by atoms with van der Waals surface area (Å²) < 4.78 is 16.9. The molecule has 71 heavy (non-hydrogen) atoms. The zero-order valence-electron chi connectivity index (χ0n) is 46.5. The second-order valence-electron chi connectivity index (χ2n) is 19.5. The van der Waals surface area contributed by atoms with E-state index in [2.05, 4.69) is 118 Å². The van der Waals surface area contributed by atoms with Crippen LogP contribution in [-0.4, -0.2) is 37.2 Å². The van der Waals surface area contributed by atoms with Gasteiger partial charge in [-0.25, -0.2) is 0 Å². The molecule has 0 aromatic heterocycles. The molecular formula is C65H110O6. The quantitative estimate of drug-likeness (QED) is 0.0261. The summed E-state index contributed by atoms with van der Waals surface area (Å²) in [6, 6.07) is 0. The van der Waals surface area contributed by atoms with E-state index < -0.39 is 6.10 Å². The van der Waals surface area contributed by atoms with Crippen LogP contribution in [0, 0.1) is 0 Å². The summed E-state index contributed by atoms with van der Waals surface area (Å²) in [7, 11) is 0. The molecule has 0 aliphatic rings. The van der Waals surface area contributed by atoms with Crippen molar-refractivity contribution in [3.05, 3.63) is 97.2 Å². The van der Waals surface area contributed by atoms with Crippen molar-refractivity contribution in [1.82, 2.24) is 0 Å². The average molecular weight is 988 g/mol. The Morgan fingerprint density at radius 2 is 0.549 bits per heavy atom. The van der Waals surface area contributed by atoms with Gasteiger partial charge in [-0.3, -0.25) is 14.4 Å². The summed E-state index contributed by atoms with van der Waals surface area (Å²) in [5.41, 5.74) is 0. The van der Waals surface area contributed by atoms with E-state index in [9.17, 15) is 14.4 Å². The highest BCUT2D eigenvalue weighted by atomic mass is 16.6. The van der Waals surface area contributed by atoms with Crippen LogP contribution in [0.2, 0.25) is 0 Å². The van der Waals surface area contributed by atoms with Crippen LogP contribution in [0.1, 0.15) is 278 Å². The van der Waals surface area contributed by atoms with E-state index in [-0.39, 0.29) is 31.1 Å². The molecule has 6 nitrogen and oxygen atoms in total. The van der Waals surface area contributed by atoms with E-state index >= 15 is 0 Å². The largest absolute Gasteiger partial charge is 0.462 e. The summed E-state index contributed by atoms with van der Waals surface area (Å²) in [5.74, 6) is -0.936. The van der Waals surface area contributed by atoms with Gasteiger partial charge in [0.05, 0.1) is 0 Å². The number of allylic oxidation sites excluding steroid dienone is 16. The summed E-state index contributed by atoms with van der Waals surface area (Å²) in [4.78, 5) is 38.2. The lowest BCUT2D eigenvalue weighted by Crippen LogP contribution is -2.30. The Morgan fingerprint density at radius 1 is 0.296 bits per heavy atom. The molecule has 406 valence electrons. The van der Waals surface area contributed by atoms with Gasteiger partial charge in [-0.05, 0) is 96.3 Å². The molecule has 0 aromatic rings. The molecule has 6 heteroatoms. The second-order valence-corrected chi connectivity index (χ2v) is 19.5. The van der Waals surface area contributed by atoms with Gasteiger partial charge in [0, 0.05) is 19.3 Å². The Hall–Kier alpha value is -3.67. The number of rotatable bonds is 53. The number of esters is 3. The summed E-state index contributed by atoms with van der Waals surface area (Å²) in [6.07, 6.45) is 78.3. The predicted molar refractivity (Wildman–Crippen MR) is 307 cm³/mol. The third-order valence-corrected chi connectivity index (χ3v) is 12.6. The molecule has 0 spiro atoms. The van der Waals surface area contributed by atoms with Gasteiger partial charge >= 0.3 is 17.9 Å². The molecule has 1 atom stereocenters. The van der Waals surface area contributed by atoms with Crippen molar-refractivity contribution in [2.75, 3.05) is 13.2 Å². The minimum atomic E-state index is -0.799. The molecule has 0 rings (SSSR count). The van der Waals surface area contributed by atoms with Crippen LogP contribution in [0.4, 0.5) is 0 Å². The van der Waals surface area contributed by atoms with Crippen molar-refractivity contribution in [2.24, 2.45) is 0 Å². The first kappa shape index (κ1) is 67.3. The van der Waals surface area contributed by atoms with Crippen molar-refractivity contribution in [3.63, 3.8) is 0 Å². The SMILES string of the molecule is CC/C=C\C/C=C\C/C=C\C/C=C\C/C=C\CCCCCC(=O)OC[C@@H](COC(=O)CCCCCCC/C=C\C/C=C\C/C=C\CC)OC(=O)CCCCCCCCCCCCCCCCCCCCC. The van der Waals surface area contributed by atoms with E-state index in [1.165, 1.54) is 103 Å². The number of carbonyl (C=O) groups excluding carboxylic acids is 3. The number of unbranched alkanes of at least 4 members (excludes halogenated alkanes) is 26. The molecule has 0 saturated carbocycles. The third-order valence-electron chi connectivity index (χ3n) is 12.6. The summed E-state index contributed by atoms with van der Waals surface area (Å²) in [5, 5.41) is 0. The maximum atomic E-state index is 12.9.